The van der Waals surface area contributed by atoms with Gasteiger partial charge in [-0.2, -0.15) is 0 Å². The lowest BCUT2D eigenvalue weighted by molar-refractivity contribution is 0.377. The Balaban J connectivity index is 0. The van der Waals surface area contributed by atoms with E-state index < -0.39 is 0 Å². The van der Waals surface area contributed by atoms with E-state index in [1.165, 1.54) is 0 Å². The third-order valence-electron chi connectivity index (χ3n) is 2.40. The zero-order valence-corrected chi connectivity index (χ0v) is 13.6. The van der Waals surface area contributed by atoms with Gasteiger partial charge in [-0.05, 0) is 27.1 Å². The van der Waals surface area contributed by atoms with Crippen molar-refractivity contribution in [3.05, 3.63) is 23.0 Å². The zero-order chi connectivity index (χ0) is 12.5. The molecule has 0 bridgehead atoms. The van der Waals surface area contributed by atoms with Crippen LogP contribution in [0, 0.1) is 6.92 Å². The van der Waals surface area contributed by atoms with Gasteiger partial charge in [-0.3, -0.25) is 4.98 Å². The number of hydrogen-bond donors (Lipinski definition) is 1. The normalized spacial score (nSPS) is 10.8. The van der Waals surface area contributed by atoms with Gasteiger partial charge in [0, 0.05) is 23.2 Å². The first-order chi connectivity index (χ1) is 7.21. The molecular formula is C13H24Cl2N2O. The van der Waals surface area contributed by atoms with E-state index in [0.717, 1.165) is 23.5 Å². The predicted octanol–water partition coefficient (Wildman–Crippen LogP) is 3.30. The molecule has 0 atom stereocenters. The third kappa shape index (κ3) is 5.01. The Morgan fingerprint density at radius 2 is 1.72 bits per heavy atom. The molecule has 18 heavy (non-hydrogen) atoms. The van der Waals surface area contributed by atoms with Crippen molar-refractivity contribution in [2.75, 3.05) is 14.1 Å². The Labute approximate surface area is 122 Å². The molecule has 0 saturated carbocycles. The van der Waals surface area contributed by atoms with Crippen LogP contribution >= 0.6 is 24.8 Å². The van der Waals surface area contributed by atoms with Crippen molar-refractivity contribution in [3.8, 4) is 5.75 Å². The van der Waals surface area contributed by atoms with Gasteiger partial charge in [0.25, 0.3) is 0 Å². The second-order valence-electron chi connectivity index (χ2n) is 5.61. The molecule has 1 aromatic rings. The number of pyridine rings is 1. The van der Waals surface area contributed by atoms with Crippen LogP contribution in [0.4, 0.5) is 0 Å². The molecule has 0 aliphatic heterocycles. The van der Waals surface area contributed by atoms with Crippen LogP contribution in [0.25, 0.3) is 0 Å². The summed E-state index contributed by atoms with van der Waals surface area (Å²) < 4.78 is 0. The quantitative estimate of drug-likeness (QED) is 0.909. The largest absolute Gasteiger partial charge is 0.506 e. The average molecular weight is 295 g/mol. The fraction of sp³-hybridized carbons (Fsp3) is 0.615. The van der Waals surface area contributed by atoms with E-state index in [-0.39, 0.29) is 30.2 Å². The van der Waals surface area contributed by atoms with Gasteiger partial charge in [0.2, 0.25) is 0 Å². The summed E-state index contributed by atoms with van der Waals surface area (Å²) in [5.74, 6) is 0.340. The standard InChI is InChI=1S/C13H22N2O.2ClH/c1-9-7-10(8-15(5)6)11(16)12(14-9)13(2,3)4;;/h7,16H,8H2,1-6H3;2*1H. The molecule has 0 saturated heterocycles. The molecule has 3 nitrogen and oxygen atoms in total. The van der Waals surface area contributed by atoms with Crippen LogP contribution in [-0.4, -0.2) is 29.1 Å². The van der Waals surface area contributed by atoms with E-state index in [0.29, 0.717) is 5.75 Å². The summed E-state index contributed by atoms with van der Waals surface area (Å²) in [7, 11) is 3.98. The summed E-state index contributed by atoms with van der Waals surface area (Å²) in [6.45, 7) is 8.89. The Bertz CT molecular complexity index is 387. The van der Waals surface area contributed by atoms with Gasteiger partial charge in [0.15, 0.2) is 0 Å². The summed E-state index contributed by atoms with van der Waals surface area (Å²) in [6, 6.07) is 1.95. The Kier molecular flexibility index (Phi) is 7.90. The van der Waals surface area contributed by atoms with E-state index in [1.807, 2.05) is 32.0 Å². The number of aromatic hydroxyl groups is 1. The topological polar surface area (TPSA) is 36.4 Å². The fourth-order valence-corrected chi connectivity index (χ4v) is 1.72. The summed E-state index contributed by atoms with van der Waals surface area (Å²) in [5, 5.41) is 10.2. The van der Waals surface area contributed by atoms with Crippen molar-refractivity contribution in [3.63, 3.8) is 0 Å². The van der Waals surface area contributed by atoms with Crippen LogP contribution in [-0.2, 0) is 12.0 Å². The van der Waals surface area contributed by atoms with Crippen molar-refractivity contribution in [1.29, 1.82) is 0 Å². The van der Waals surface area contributed by atoms with Crippen molar-refractivity contribution in [2.24, 2.45) is 0 Å². The Hall–Kier alpha value is -0.510. The smallest absolute Gasteiger partial charge is 0.142 e. The highest BCUT2D eigenvalue weighted by molar-refractivity contribution is 5.85. The number of hydrogen-bond acceptors (Lipinski definition) is 3. The zero-order valence-electron chi connectivity index (χ0n) is 11.9. The highest BCUT2D eigenvalue weighted by Crippen LogP contribution is 2.32. The third-order valence-corrected chi connectivity index (χ3v) is 2.40. The minimum absolute atomic E-state index is 0. The summed E-state index contributed by atoms with van der Waals surface area (Å²) in [6.07, 6.45) is 0. The van der Waals surface area contributed by atoms with Crippen molar-refractivity contribution in [1.82, 2.24) is 9.88 Å². The van der Waals surface area contributed by atoms with Gasteiger partial charge >= 0.3 is 0 Å². The highest BCUT2D eigenvalue weighted by Gasteiger charge is 2.22. The monoisotopic (exact) mass is 294 g/mol. The molecule has 106 valence electrons. The van der Waals surface area contributed by atoms with Crippen LogP contribution in [0.5, 0.6) is 5.75 Å². The maximum atomic E-state index is 10.2. The maximum Gasteiger partial charge on any atom is 0.142 e. The molecular weight excluding hydrogens is 271 g/mol. The van der Waals surface area contributed by atoms with E-state index in [1.54, 1.807) is 0 Å². The molecule has 0 spiro atoms. The van der Waals surface area contributed by atoms with E-state index in [9.17, 15) is 5.11 Å². The molecule has 0 aromatic carbocycles. The van der Waals surface area contributed by atoms with Crippen molar-refractivity contribution in [2.45, 2.75) is 39.7 Å². The van der Waals surface area contributed by atoms with E-state index >= 15 is 0 Å². The van der Waals surface area contributed by atoms with E-state index in [2.05, 4.69) is 25.8 Å². The molecule has 0 aliphatic rings. The molecule has 0 amide bonds. The van der Waals surface area contributed by atoms with Crippen LogP contribution in [0.1, 0.15) is 37.7 Å². The van der Waals surface area contributed by atoms with Crippen molar-refractivity contribution < 1.29 is 5.11 Å². The van der Waals surface area contributed by atoms with Crippen molar-refractivity contribution >= 4 is 24.8 Å². The lowest BCUT2D eigenvalue weighted by atomic mass is 9.89. The predicted molar refractivity (Wildman–Crippen MR) is 81.2 cm³/mol. The van der Waals surface area contributed by atoms with E-state index in [4.69, 9.17) is 0 Å². The molecule has 0 fully saturated rings. The lowest BCUT2D eigenvalue weighted by Crippen LogP contribution is -2.17. The average Bonchev–Trinajstić information content (AvgIpc) is 2.07. The van der Waals surface area contributed by atoms with Crippen LogP contribution in [0.3, 0.4) is 0 Å². The second kappa shape index (κ2) is 7.17. The SMILES string of the molecule is Cc1cc(CN(C)C)c(O)c(C(C)(C)C)n1.Cl.Cl. The number of halogens is 2. The number of aryl methyl sites for hydroxylation is 1. The first-order valence-electron chi connectivity index (χ1n) is 5.56. The number of rotatable bonds is 2. The lowest BCUT2D eigenvalue weighted by Gasteiger charge is -2.22. The highest BCUT2D eigenvalue weighted by atomic mass is 35.5. The van der Waals surface area contributed by atoms with Gasteiger partial charge < -0.3 is 10.0 Å². The molecule has 1 rings (SSSR count). The molecule has 0 radical (unpaired) electrons. The first-order valence-corrected chi connectivity index (χ1v) is 5.56. The summed E-state index contributed by atoms with van der Waals surface area (Å²) in [4.78, 5) is 6.49. The molecule has 5 heteroatoms. The molecule has 0 aliphatic carbocycles. The fourth-order valence-electron chi connectivity index (χ4n) is 1.72. The van der Waals surface area contributed by atoms with Gasteiger partial charge in [0.05, 0.1) is 5.69 Å². The molecule has 1 aromatic heterocycles. The second-order valence-corrected chi connectivity index (χ2v) is 5.61. The summed E-state index contributed by atoms with van der Waals surface area (Å²) >= 11 is 0. The first kappa shape index (κ1) is 19.8. The van der Waals surface area contributed by atoms with Gasteiger partial charge in [0.1, 0.15) is 5.75 Å². The Morgan fingerprint density at radius 3 is 2.11 bits per heavy atom. The Morgan fingerprint density at radius 1 is 1.22 bits per heavy atom. The van der Waals surface area contributed by atoms with Gasteiger partial charge in [-0.1, -0.05) is 20.8 Å². The van der Waals surface area contributed by atoms with Gasteiger partial charge in [-0.15, -0.1) is 24.8 Å². The molecule has 1 N–H and O–H groups in total. The maximum absolute atomic E-state index is 10.2. The minimum atomic E-state index is -0.128. The number of aromatic nitrogens is 1. The molecule has 0 unspecified atom stereocenters. The van der Waals surface area contributed by atoms with Gasteiger partial charge in [-0.25, -0.2) is 0 Å². The van der Waals surface area contributed by atoms with Crippen LogP contribution in [0.2, 0.25) is 0 Å². The summed E-state index contributed by atoms with van der Waals surface area (Å²) in [5.41, 5.74) is 2.56. The van der Waals surface area contributed by atoms with Crippen LogP contribution < -0.4 is 0 Å². The number of nitrogens with zero attached hydrogens (tertiary/aromatic N) is 2. The van der Waals surface area contributed by atoms with Crippen LogP contribution in [0.15, 0.2) is 6.07 Å². The molecule has 1 heterocycles. The minimum Gasteiger partial charge on any atom is -0.506 e.